The van der Waals surface area contributed by atoms with E-state index >= 15 is 0 Å². The number of hydrogen-bond donors (Lipinski definition) is 1. The first-order valence-electron chi connectivity index (χ1n) is 7.47. The van der Waals surface area contributed by atoms with Gasteiger partial charge in [-0.1, -0.05) is 11.9 Å². The molecule has 0 radical (unpaired) electrons. The highest BCUT2D eigenvalue weighted by Crippen LogP contribution is 2.19. The number of nitrogens with two attached hydrogens (primary N) is 1. The van der Waals surface area contributed by atoms with Crippen molar-refractivity contribution in [3.63, 3.8) is 0 Å². The predicted octanol–water partition coefficient (Wildman–Crippen LogP) is 0.251. The van der Waals surface area contributed by atoms with Gasteiger partial charge >= 0.3 is 0 Å². The quantitative estimate of drug-likeness (QED) is 0.192. The van der Waals surface area contributed by atoms with Crippen LogP contribution in [0.25, 0.3) is 0 Å². The average molecular weight is 398 g/mol. The van der Waals surface area contributed by atoms with Crippen molar-refractivity contribution in [1.82, 2.24) is 9.80 Å². The Morgan fingerprint density at radius 1 is 1.30 bits per heavy atom. The lowest BCUT2D eigenvalue weighted by atomic mass is 9.98. The summed E-state index contributed by atoms with van der Waals surface area (Å²) in [7, 11) is 1.51. The van der Waals surface area contributed by atoms with Crippen LogP contribution in [0.15, 0.2) is 12.1 Å². The van der Waals surface area contributed by atoms with Crippen molar-refractivity contribution < 1.29 is 29.1 Å². The molecule has 0 atom stereocenters. The third-order valence-electron chi connectivity index (χ3n) is 3.57. The molecule has 0 aliphatic rings. The molecule has 0 aliphatic heterocycles. The molecule has 2 N–H and O–H groups in total. The summed E-state index contributed by atoms with van der Waals surface area (Å²) in [4.78, 5) is 63.5. The van der Waals surface area contributed by atoms with Crippen LogP contribution in [0.4, 0.5) is 0 Å². The zero-order valence-electron chi connectivity index (χ0n) is 14.6. The van der Waals surface area contributed by atoms with Gasteiger partial charge in [0.25, 0.3) is 16.9 Å². The summed E-state index contributed by atoms with van der Waals surface area (Å²) in [5, 5.41) is 14.4. The largest absolute Gasteiger partial charge is 0.341 e. The van der Waals surface area contributed by atoms with Crippen LogP contribution < -0.4 is 5.14 Å². The number of nitrogens with zero attached hydrogens (tertiary/aromatic N) is 3. The third kappa shape index (κ3) is 5.76. The van der Waals surface area contributed by atoms with E-state index in [4.69, 9.17) is 5.14 Å². The molecule has 0 bridgehead atoms. The molecule has 27 heavy (non-hydrogen) atoms. The maximum Gasteiger partial charge on any atom is 0.296 e. The lowest BCUT2D eigenvalue weighted by Gasteiger charge is -2.20. The molecule has 0 heterocycles. The Morgan fingerprint density at radius 2 is 1.96 bits per heavy atom. The van der Waals surface area contributed by atoms with E-state index in [2.05, 4.69) is 4.84 Å². The third-order valence-corrected chi connectivity index (χ3v) is 3.98. The molecule has 1 aromatic carbocycles. The molecule has 0 aromatic heterocycles. The topological polar surface area (TPSA) is 153 Å². The van der Waals surface area contributed by atoms with Crippen molar-refractivity contribution >= 4 is 36.5 Å². The predicted molar refractivity (Wildman–Crippen MR) is 95.4 cm³/mol. The van der Waals surface area contributed by atoms with Crippen molar-refractivity contribution in [2.75, 3.05) is 26.1 Å². The minimum Gasteiger partial charge on any atom is -0.341 e. The summed E-state index contributed by atoms with van der Waals surface area (Å²) in [6.07, 6.45) is 0.554. The summed E-state index contributed by atoms with van der Waals surface area (Å²) in [5.41, 5.74) is 0.279. The summed E-state index contributed by atoms with van der Waals surface area (Å²) in [5.74, 6) is -0.955. The molecular weight excluding hydrogens is 380 g/mol. The smallest absolute Gasteiger partial charge is 0.296 e. The van der Waals surface area contributed by atoms with E-state index < -0.39 is 23.6 Å². The van der Waals surface area contributed by atoms with Gasteiger partial charge < -0.3 is 4.90 Å². The van der Waals surface area contributed by atoms with Crippen LogP contribution in [-0.2, 0) is 9.63 Å². The summed E-state index contributed by atoms with van der Waals surface area (Å²) < 4.78 is 0. The Bertz CT molecular complexity index is 756. The molecule has 0 fully saturated rings. The molecule has 0 spiro atoms. The lowest BCUT2D eigenvalue weighted by molar-refractivity contribution is -0.761. The number of amides is 3. The summed E-state index contributed by atoms with van der Waals surface area (Å²) in [6.45, 7) is 0.911. The molecule has 0 unspecified atom stereocenters. The van der Waals surface area contributed by atoms with Gasteiger partial charge in [0, 0.05) is 30.5 Å². The zero-order chi connectivity index (χ0) is 20.6. The normalized spacial score (nSPS) is 10.0. The number of rotatable bonds is 10. The van der Waals surface area contributed by atoms with Gasteiger partial charge in [-0.05, 0) is 24.6 Å². The second-order valence-electron chi connectivity index (χ2n) is 5.33. The van der Waals surface area contributed by atoms with Crippen molar-refractivity contribution in [3.8, 4) is 0 Å². The highest BCUT2D eigenvalue weighted by molar-refractivity contribution is 7.97. The first kappa shape index (κ1) is 22.1. The number of carbonyl (C=O) groups is 4. The molecule has 1 rings (SSSR count). The van der Waals surface area contributed by atoms with Gasteiger partial charge in [0.05, 0.1) is 5.56 Å². The number of carbonyl (C=O) groups excluding carboxylic acids is 4. The fraction of sp³-hybridized carbons (Fsp3) is 0.333. The molecule has 0 aliphatic carbocycles. The maximum absolute atomic E-state index is 12.6. The molecule has 12 heteroatoms. The van der Waals surface area contributed by atoms with Crippen LogP contribution >= 0.6 is 11.9 Å². The SMILES string of the molecule is Cc1cc(C=O)c(C(=O)N(C)CCSN)cc1C(=O)N(C=O)CO[N+](=O)[O-]. The highest BCUT2D eigenvalue weighted by Gasteiger charge is 2.23. The molecule has 0 saturated carbocycles. The zero-order valence-corrected chi connectivity index (χ0v) is 15.4. The van der Waals surface area contributed by atoms with Crippen LogP contribution in [0.1, 0.15) is 36.6 Å². The minimum atomic E-state index is -1.15. The molecule has 1 aromatic rings. The Hall–Kier alpha value is -2.99. The van der Waals surface area contributed by atoms with Gasteiger partial charge in [-0.3, -0.25) is 34.1 Å². The molecule has 146 valence electrons. The molecule has 3 amide bonds. The van der Waals surface area contributed by atoms with E-state index in [9.17, 15) is 29.3 Å². The minimum absolute atomic E-state index is 0.0375. The van der Waals surface area contributed by atoms with Crippen LogP contribution in [0.5, 0.6) is 0 Å². The lowest BCUT2D eigenvalue weighted by Crippen LogP contribution is -2.34. The first-order chi connectivity index (χ1) is 12.8. The fourth-order valence-corrected chi connectivity index (χ4v) is 2.52. The standard InChI is InChI=1S/C15H18N4O7S/c1-10-5-11(7-20)13(14(22)17(2)3-4-27-16)6-12(10)15(23)18(8-21)9-26-19(24)25/h5-8H,3-4,9,16H2,1-2H3. The van der Waals surface area contributed by atoms with E-state index in [0.29, 0.717) is 29.0 Å². The second-order valence-corrected chi connectivity index (χ2v) is 6.07. The fourth-order valence-electron chi connectivity index (χ4n) is 2.14. The highest BCUT2D eigenvalue weighted by atomic mass is 32.2. The van der Waals surface area contributed by atoms with Gasteiger partial charge in [-0.15, -0.1) is 10.1 Å². The van der Waals surface area contributed by atoms with Crippen molar-refractivity contribution in [2.45, 2.75) is 6.92 Å². The van der Waals surface area contributed by atoms with E-state index in [1.807, 2.05) is 0 Å². The monoisotopic (exact) mass is 398 g/mol. The number of aldehydes is 1. The van der Waals surface area contributed by atoms with Gasteiger partial charge in [-0.25, -0.2) is 0 Å². The number of hydrogen-bond acceptors (Lipinski definition) is 9. The second kappa shape index (κ2) is 10.2. The van der Waals surface area contributed by atoms with E-state index in [1.54, 1.807) is 0 Å². The van der Waals surface area contributed by atoms with Gasteiger partial charge in [0.1, 0.15) is 0 Å². The average Bonchev–Trinajstić information content (AvgIpc) is 2.65. The van der Waals surface area contributed by atoms with E-state index in [1.165, 1.54) is 31.0 Å². The van der Waals surface area contributed by atoms with Crippen molar-refractivity contribution in [2.24, 2.45) is 5.14 Å². The van der Waals surface area contributed by atoms with Crippen LogP contribution in [0.2, 0.25) is 0 Å². The van der Waals surface area contributed by atoms with Crippen molar-refractivity contribution in [3.05, 3.63) is 44.5 Å². The molecular formula is C15H18N4O7S. The van der Waals surface area contributed by atoms with Crippen LogP contribution in [0.3, 0.4) is 0 Å². The van der Waals surface area contributed by atoms with Crippen LogP contribution in [-0.4, -0.2) is 65.5 Å². The Labute approximate surface area is 158 Å². The van der Waals surface area contributed by atoms with E-state index in [0.717, 1.165) is 11.9 Å². The van der Waals surface area contributed by atoms with Crippen LogP contribution in [0, 0.1) is 17.0 Å². The first-order valence-corrected chi connectivity index (χ1v) is 8.52. The number of imide groups is 1. The van der Waals surface area contributed by atoms with Crippen molar-refractivity contribution in [1.29, 1.82) is 0 Å². The molecule has 11 nitrogen and oxygen atoms in total. The van der Waals surface area contributed by atoms with Gasteiger partial charge in [-0.2, -0.15) is 0 Å². The Balaban J connectivity index is 3.26. The van der Waals surface area contributed by atoms with Gasteiger partial charge in [0.2, 0.25) is 6.41 Å². The van der Waals surface area contributed by atoms with Gasteiger partial charge in [0.15, 0.2) is 13.0 Å². The Kier molecular flexibility index (Phi) is 8.35. The number of aryl methyl sites for hydroxylation is 1. The number of benzene rings is 1. The van der Waals surface area contributed by atoms with E-state index in [-0.39, 0.29) is 23.1 Å². The Morgan fingerprint density at radius 3 is 2.48 bits per heavy atom. The maximum atomic E-state index is 12.6. The summed E-state index contributed by atoms with van der Waals surface area (Å²) in [6, 6.07) is 2.51. The molecule has 0 saturated heterocycles. The summed E-state index contributed by atoms with van der Waals surface area (Å²) >= 11 is 1.05.